The first-order chi connectivity index (χ1) is 13.6. The summed E-state index contributed by atoms with van der Waals surface area (Å²) in [6.45, 7) is 1.94. The molecule has 8 nitrogen and oxygen atoms in total. The van der Waals surface area contributed by atoms with Crippen LogP contribution in [-0.4, -0.2) is 44.7 Å². The monoisotopic (exact) mass is 419 g/mol. The van der Waals surface area contributed by atoms with E-state index in [2.05, 4.69) is 25.8 Å². The van der Waals surface area contributed by atoms with Crippen LogP contribution in [0.2, 0.25) is 10.0 Å². The van der Waals surface area contributed by atoms with Crippen LogP contribution in [0, 0.1) is 0 Å². The van der Waals surface area contributed by atoms with Crippen LogP contribution in [0.3, 0.4) is 0 Å². The van der Waals surface area contributed by atoms with Gasteiger partial charge in [-0.2, -0.15) is 5.10 Å². The summed E-state index contributed by atoms with van der Waals surface area (Å²) in [7, 11) is 0. The van der Waals surface area contributed by atoms with Gasteiger partial charge in [0.25, 0.3) is 5.91 Å². The van der Waals surface area contributed by atoms with Crippen molar-refractivity contribution in [1.82, 2.24) is 30.3 Å². The highest BCUT2D eigenvalue weighted by Crippen LogP contribution is 2.32. The quantitative estimate of drug-likeness (QED) is 0.437. The predicted octanol–water partition coefficient (Wildman–Crippen LogP) is 2.68. The average molecular weight is 420 g/mol. The Labute approximate surface area is 171 Å². The SMILES string of the molecule is O=C(Cn1c(C2CCNCC2)nc2cc(Cl)c(Cl)cc21)N/N=C/c1cnc[nH]1. The molecule has 1 aromatic carbocycles. The highest BCUT2D eigenvalue weighted by molar-refractivity contribution is 6.42. The summed E-state index contributed by atoms with van der Waals surface area (Å²) >= 11 is 12.4. The Morgan fingerprint density at radius 2 is 2.11 bits per heavy atom. The number of nitrogens with zero attached hydrogens (tertiary/aromatic N) is 4. The molecule has 3 N–H and O–H groups in total. The predicted molar refractivity (Wildman–Crippen MR) is 109 cm³/mol. The lowest BCUT2D eigenvalue weighted by Gasteiger charge is -2.23. The van der Waals surface area contributed by atoms with Gasteiger partial charge in [-0.15, -0.1) is 0 Å². The number of carbonyl (C=O) groups excluding carboxylic acids is 1. The third-order valence-electron chi connectivity index (χ3n) is 4.74. The zero-order chi connectivity index (χ0) is 19.5. The van der Waals surface area contributed by atoms with E-state index < -0.39 is 0 Å². The number of rotatable bonds is 5. The molecule has 0 radical (unpaired) electrons. The second-order valence-electron chi connectivity index (χ2n) is 6.64. The van der Waals surface area contributed by atoms with Gasteiger partial charge in [-0.25, -0.2) is 15.4 Å². The highest BCUT2D eigenvalue weighted by atomic mass is 35.5. The van der Waals surface area contributed by atoms with E-state index in [0.717, 1.165) is 42.8 Å². The second-order valence-corrected chi connectivity index (χ2v) is 7.45. The van der Waals surface area contributed by atoms with Crippen molar-refractivity contribution in [1.29, 1.82) is 0 Å². The molecular weight excluding hydrogens is 401 g/mol. The fourth-order valence-corrected chi connectivity index (χ4v) is 3.70. The molecule has 10 heteroatoms. The molecule has 1 aliphatic heterocycles. The Bertz CT molecular complexity index is 1010. The van der Waals surface area contributed by atoms with Gasteiger partial charge >= 0.3 is 0 Å². The van der Waals surface area contributed by atoms with Crippen molar-refractivity contribution in [3.8, 4) is 0 Å². The van der Waals surface area contributed by atoms with Crippen molar-refractivity contribution in [3.63, 3.8) is 0 Å². The number of aromatic nitrogens is 4. The number of piperidine rings is 1. The van der Waals surface area contributed by atoms with Crippen LogP contribution in [0.15, 0.2) is 29.8 Å². The summed E-state index contributed by atoms with van der Waals surface area (Å²) < 4.78 is 1.91. The van der Waals surface area contributed by atoms with E-state index in [9.17, 15) is 4.79 Å². The summed E-state index contributed by atoms with van der Waals surface area (Å²) in [5, 5.41) is 8.20. The van der Waals surface area contributed by atoms with Crippen LogP contribution in [0.5, 0.6) is 0 Å². The lowest BCUT2D eigenvalue weighted by atomic mass is 9.97. The average Bonchev–Trinajstić information content (AvgIpc) is 3.32. The molecule has 2 aromatic heterocycles. The van der Waals surface area contributed by atoms with Crippen LogP contribution in [0.4, 0.5) is 0 Å². The molecule has 0 bridgehead atoms. The molecule has 146 valence electrons. The minimum absolute atomic E-state index is 0.0913. The molecule has 0 aliphatic carbocycles. The normalized spacial score (nSPS) is 15.5. The molecule has 0 atom stereocenters. The van der Waals surface area contributed by atoms with Gasteiger partial charge in [-0.3, -0.25) is 4.79 Å². The molecule has 4 rings (SSSR count). The number of hydrogen-bond acceptors (Lipinski definition) is 5. The maximum Gasteiger partial charge on any atom is 0.260 e. The zero-order valence-corrected chi connectivity index (χ0v) is 16.5. The molecular formula is C18H19Cl2N7O. The number of benzene rings is 1. The van der Waals surface area contributed by atoms with Crippen molar-refractivity contribution in [2.24, 2.45) is 5.10 Å². The topological polar surface area (TPSA) is 100.0 Å². The number of amides is 1. The maximum absolute atomic E-state index is 12.5. The molecule has 1 amide bonds. The molecule has 3 aromatic rings. The van der Waals surface area contributed by atoms with Gasteiger partial charge in [0.1, 0.15) is 12.4 Å². The Kier molecular flexibility index (Phi) is 5.61. The summed E-state index contributed by atoms with van der Waals surface area (Å²) in [4.78, 5) is 24.0. The summed E-state index contributed by atoms with van der Waals surface area (Å²) in [6, 6.07) is 3.51. The minimum atomic E-state index is -0.253. The van der Waals surface area contributed by atoms with Crippen LogP contribution in [-0.2, 0) is 11.3 Å². The van der Waals surface area contributed by atoms with Gasteiger partial charge in [0.15, 0.2) is 0 Å². The van der Waals surface area contributed by atoms with Crippen molar-refractivity contribution in [2.75, 3.05) is 13.1 Å². The Morgan fingerprint density at radius 1 is 1.32 bits per heavy atom. The lowest BCUT2D eigenvalue weighted by Crippen LogP contribution is -2.30. The van der Waals surface area contributed by atoms with Crippen molar-refractivity contribution in [2.45, 2.75) is 25.3 Å². The fraction of sp³-hybridized carbons (Fsp3) is 0.333. The first-order valence-corrected chi connectivity index (χ1v) is 9.73. The second kappa shape index (κ2) is 8.30. The van der Waals surface area contributed by atoms with Crippen molar-refractivity contribution >= 4 is 46.4 Å². The van der Waals surface area contributed by atoms with Gasteiger partial charge < -0.3 is 14.9 Å². The number of halogens is 2. The molecule has 28 heavy (non-hydrogen) atoms. The summed E-state index contributed by atoms with van der Waals surface area (Å²) in [5.74, 6) is 0.895. The van der Waals surface area contributed by atoms with E-state index in [0.29, 0.717) is 15.7 Å². The van der Waals surface area contributed by atoms with Gasteiger partial charge in [0.05, 0.1) is 45.5 Å². The molecule has 0 spiro atoms. The van der Waals surface area contributed by atoms with Gasteiger partial charge in [-0.1, -0.05) is 23.2 Å². The fourth-order valence-electron chi connectivity index (χ4n) is 3.39. The van der Waals surface area contributed by atoms with Crippen molar-refractivity contribution in [3.05, 3.63) is 46.2 Å². The van der Waals surface area contributed by atoms with Gasteiger partial charge in [0, 0.05) is 5.92 Å². The standard InChI is InChI=1S/C18H19Cl2N7O/c19-13-5-15-16(6-14(13)20)27(18(25-15)11-1-3-21-4-2-11)9-17(28)26-24-8-12-7-22-10-23-12/h5-8,10-11,21H,1-4,9H2,(H,22,23)(H,26,28)/b24-8+. The largest absolute Gasteiger partial charge is 0.344 e. The maximum atomic E-state index is 12.5. The van der Waals surface area contributed by atoms with Crippen LogP contribution < -0.4 is 10.7 Å². The Morgan fingerprint density at radius 3 is 2.86 bits per heavy atom. The number of imidazole rings is 2. The van der Waals surface area contributed by atoms with Crippen LogP contribution in [0.25, 0.3) is 11.0 Å². The first-order valence-electron chi connectivity index (χ1n) is 8.98. The summed E-state index contributed by atoms with van der Waals surface area (Å²) in [6.07, 6.45) is 6.58. The molecule has 1 fully saturated rings. The first kappa shape index (κ1) is 18.9. The number of fused-ring (bicyclic) bond motifs is 1. The third-order valence-corrected chi connectivity index (χ3v) is 5.46. The third kappa shape index (κ3) is 4.04. The number of H-pyrrole nitrogens is 1. The minimum Gasteiger partial charge on any atom is -0.344 e. The van der Waals surface area contributed by atoms with E-state index in [1.165, 1.54) is 6.21 Å². The number of hydrazone groups is 1. The van der Waals surface area contributed by atoms with Crippen LogP contribution in [0.1, 0.15) is 30.3 Å². The Balaban J connectivity index is 1.61. The van der Waals surface area contributed by atoms with Crippen molar-refractivity contribution < 1.29 is 4.79 Å². The lowest BCUT2D eigenvalue weighted by molar-refractivity contribution is -0.121. The van der Waals surface area contributed by atoms with Crippen LogP contribution >= 0.6 is 23.2 Å². The number of aromatic amines is 1. The zero-order valence-electron chi connectivity index (χ0n) is 15.0. The molecule has 0 unspecified atom stereocenters. The summed E-state index contributed by atoms with van der Waals surface area (Å²) in [5.41, 5.74) is 4.76. The number of nitrogens with one attached hydrogen (secondary N) is 3. The van der Waals surface area contributed by atoms with E-state index in [-0.39, 0.29) is 18.4 Å². The van der Waals surface area contributed by atoms with E-state index in [1.54, 1.807) is 24.7 Å². The highest BCUT2D eigenvalue weighted by Gasteiger charge is 2.24. The Hall–Kier alpha value is -2.42. The number of carbonyl (C=O) groups is 1. The van der Waals surface area contributed by atoms with E-state index in [1.807, 2.05) is 4.57 Å². The van der Waals surface area contributed by atoms with E-state index in [4.69, 9.17) is 28.2 Å². The molecule has 1 saturated heterocycles. The van der Waals surface area contributed by atoms with Gasteiger partial charge in [0.2, 0.25) is 0 Å². The molecule has 0 saturated carbocycles. The smallest absolute Gasteiger partial charge is 0.260 e. The van der Waals surface area contributed by atoms with Gasteiger partial charge in [-0.05, 0) is 38.1 Å². The van der Waals surface area contributed by atoms with E-state index >= 15 is 0 Å². The molecule has 1 aliphatic rings. The molecule has 3 heterocycles. The number of hydrogen-bond donors (Lipinski definition) is 3.